The Labute approximate surface area is 84.6 Å². The quantitative estimate of drug-likeness (QED) is 0.618. The van der Waals surface area contributed by atoms with Crippen LogP contribution in [0.3, 0.4) is 0 Å². The molecule has 0 aromatic rings. The highest BCUT2D eigenvalue weighted by Gasteiger charge is 2.13. The molecule has 0 saturated heterocycles. The number of carbonyl (C=O) groups excluding carboxylic acids is 2. The first-order chi connectivity index (χ1) is 6.49. The molecule has 82 valence electrons. The van der Waals surface area contributed by atoms with Gasteiger partial charge in [-0.25, -0.2) is 0 Å². The van der Waals surface area contributed by atoms with Crippen LogP contribution < -0.4 is 11.1 Å². The van der Waals surface area contributed by atoms with Crippen molar-refractivity contribution in [2.75, 3.05) is 20.6 Å². The third-order valence-corrected chi connectivity index (χ3v) is 1.85. The minimum absolute atomic E-state index is 0.0171. The normalized spacial score (nSPS) is 12.0. The van der Waals surface area contributed by atoms with Gasteiger partial charge < -0.3 is 16.0 Å². The van der Waals surface area contributed by atoms with Crippen LogP contribution in [-0.2, 0) is 9.59 Å². The van der Waals surface area contributed by atoms with Crippen molar-refractivity contribution in [3.05, 3.63) is 0 Å². The summed E-state index contributed by atoms with van der Waals surface area (Å²) in [5.41, 5.74) is 5.55. The van der Waals surface area contributed by atoms with Crippen LogP contribution >= 0.6 is 0 Å². The van der Waals surface area contributed by atoms with Crippen LogP contribution in [-0.4, -0.2) is 43.4 Å². The average Bonchev–Trinajstić information content (AvgIpc) is 2.13. The molecule has 0 aliphatic rings. The van der Waals surface area contributed by atoms with Crippen molar-refractivity contribution in [3.8, 4) is 0 Å². The second-order valence-electron chi connectivity index (χ2n) is 3.40. The fraction of sp³-hybridized carbons (Fsp3) is 0.778. The lowest BCUT2D eigenvalue weighted by Gasteiger charge is -2.13. The Hall–Kier alpha value is -1.10. The fourth-order valence-electron chi connectivity index (χ4n) is 0.894. The first kappa shape index (κ1) is 12.9. The van der Waals surface area contributed by atoms with Gasteiger partial charge >= 0.3 is 0 Å². The van der Waals surface area contributed by atoms with Crippen molar-refractivity contribution in [1.82, 2.24) is 10.2 Å². The molecule has 0 saturated carbocycles. The Morgan fingerprint density at radius 3 is 2.43 bits per heavy atom. The van der Waals surface area contributed by atoms with Crippen LogP contribution in [0.1, 0.15) is 19.8 Å². The van der Waals surface area contributed by atoms with Crippen molar-refractivity contribution in [3.63, 3.8) is 0 Å². The molecule has 0 aromatic heterocycles. The van der Waals surface area contributed by atoms with Gasteiger partial charge in [0.15, 0.2) is 0 Å². The van der Waals surface area contributed by atoms with Gasteiger partial charge in [-0.2, -0.15) is 0 Å². The number of carbonyl (C=O) groups is 2. The number of nitrogens with two attached hydrogens (primary N) is 1. The van der Waals surface area contributed by atoms with Gasteiger partial charge in [0.1, 0.15) is 0 Å². The molecule has 5 heteroatoms. The molecule has 0 rings (SSSR count). The SMILES string of the molecule is CCC[C@@H](N)C(=O)NCC(=O)N(C)C. The van der Waals surface area contributed by atoms with Gasteiger partial charge in [-0.1, -0.05) is 13.3 Å². The van der Waals surface area contributed by atoms with Crippen molar-refractivity contribution in [1.29, 1.82) is 0 Å². The average molecular weight is 201 g/mol. The molecule has 0 bridgehead atoms. The van der Waals surface area contributed by atoms with E-state index in [-0.39, 0.29) is 18.4 Å². The highest BCUT2D eigenvalue weighted by Crippen LogP contribution is 1.92. The monoisotopic (exact) mass is 201 g/mol. The minimum atomic E-state index is -0.505. The Morgan fingerprint density at radius 1 is 1.43 bits per heavy atom. The molecule has 0 radical (unpaired) electrons. The number of hydrogen-bond acceptors (Lipinski definition) is 3. The topological polar surface area (TPSA) is 75.4 Å². The van der Waals surface area contributed by atoms with Gasteiger partial charge in [0.05, 0.1) is 12.6 Å². The van der Waals surface area contributed by atoms with Gasteiger partial charge in [0.25, 0.3) is 0 Å². The summed E-state index contributed by atoms with van der Waals surface area (Å²) in [4.78, 5) is 23.8. The van der Waals surface area contributed by atoms with Crippen LogP contribution in [0, 0.1) is 0 Å². The van der Waals surface area contributed by atoms with Crippen LogP contribution in [0.2, 0.25) is 0 Å². The van der Waals surface area contributed by atoms with Gasteiger partial charge in [-0.15, -0.1) is 0 Å². The van der Waals surface area contributed by atoms with E-state index in [2.05, 4.69) is 5.32 Å². The van der Waals surface area contributed by atoms with E-state index in [1.165, 1.54) is 4.90 Å². The molecule has 1 atom stereocenters. The molecule has 0 aromatic carbocycles. The van der Waals surface area contributed by atoms with E-state index in [0.29, 0.717) is 6.42 Å². The number of rotatable bonds is 5. The van der Waals surface area contributed by atoms with Gasteiger partial charge in [0, 0.05) is 14.1 Å². The van der Waals surface area contributed by atoms with Crippen molar-refractivity contribution < 1.29 is 9.59 Å². The summed E-state index contributed by atoms with van der Waals surface area (Å²) in [5.74, 6) is -0.399. The smallest absolute Gasteiger partial charge is 0.241 e. The summed E-state index contributed by atoms with van der Waals surface area (Å²) < 4.78 is 0. The molecule has 5 nitrogen and oxygen atoms in total. The molecular formula is C9H19N3O2. The van der Waals surface area contributed by atoms with Crippen molar-refractivity contribution in [2.45, 2.75) is 25.8 Å². The number of amides is 2. The molecule has 3 N–H and O–H groups in total. The van der Waals surface area contributed by atoms with Crippen molar-refractivity contribution >= 4 is 11.8 Å². The van der Waals surface area contributed by atoms with E-state index in [9.17, 15) is 9.59 Å². The fourth-order valence-corrected chi connectivity index (χ4v) is 0.894. The molecule has 0 heterocycles. The molecule has 0 fully saturated rings. The van der Waals surface area contributed by atoms with Gasteiger partial charge in [0.2, 0.25) is 11.8 Å². The Bertz CT molecular complexity index is 204. The zero-order chi connectivity index (χ0) is 11.1. The lowest BCUT2D eigenvalue weighted by atomic mass is 10.2. The lowest BCUT2D eigenvalue weighted by Crippen LogP contribution is -2.44. The third kappa shape index (κ3) is 4.81. The van der Waals surface area contributed by atoms with Gasteiger partial charge in [-0.3, -0.25) is 9.59 Å². The summed E-state index contributed by atoms with van der Waals surface area (Å²) in [5, 5.41) is 2.49. The molecule has 0 unspecified atom stereocenters. The maximum atomic E-state index is 11.3. The Balaban J connectivity index is 3.79. The summed E-state index contributed by atoms with van der Waals surface area (Å²) in [6.07, 6.45) is 1.50. The van der Waals surface area contributed by atoms with E-state index in [1.807, 2.05) is 6.92 Å². The number of nitrogens with zero attached hydrogens (tertiary/aromatic N) is 1. The lowest BCUT2D eigenvalue weighted by molar-refractivity contribution is -0.131. The molecule has 0 aliphatic carbocycles. The molecule has 14 heavy (non-hydrogen) atoms. The molecular weight excluding hydrogens is 182 g/mol. The second-order valence-corrected chi connectivity index (χ2v) is 3.40. The zero-order valence-electron chi connectivity index (χ0n) is 9.04. The summed E-state index contributed by atoms with van der Waals surface area (Å²) in [6, 6.07) is -0.505. The number of likely N-dealkylation sites (N-methyl/N-ethyl adjacent to an activating group) is 1. The molecule has 0 aliphatic heterocycles. The number of nitrogens with one attached hydrogen (secondary N) is 1. The van der Waals surface area contributed by atoms with E-state index < -0.39 is 6.04 Å². The minimum Gasteiger partial charge on any atom is -0.347 e. The van der Waals surface area contributed by atoms with E-state index in [4.69, 9.17) is 5.73 Å². The van der Waals surface area contributed by atoms with E-state index in [0.717, 1.165) is 6.42 Å². The Morgan fingerprint density at radius 2 is 2.00 bits per heavy atom. The summed E-state index contributed by atoms with van der Waals surface area (Å²) >= 11 is 0. The summed E-state index contributed by atoms with van der Waals surface area (Å²) in [7, 11) is 3.28. The maximum Gasteiger partial charge on any atom is 0.241 e. The second kappa shape index (κ2) is 6.37. The standard InChI is InChI=1S/C9H19N3O2/c1-4-5-7(10)9(14)11-6-8(13)12(2)3/h7H,4-6,10H2,1-3H3,(H,11,14)/t7-/m1/s1. The molecule has 2 amide bonds. The largest absolute Gasteiger partial charge is 0.347 e. The van der Waals surface area contributed by atoms with Gasteiger partial charge in [-0.05, 0) is 6.42 Å². The highest BCUT2D eigenvalue weighted by atomic mass is 16.2. The zero-order valence-corrected chi connectivity index (χ0v) is 9.04. The third-order valence-electron chi connectivity index (χ3n) is 1.85. The van der Waals surface area contributed by atoms with Crippen molar-refractivity contribution in [2.24, 2.45) is 5.73 Å². The Kier molecular flexibility index (Phi) is 5.87. The van der Waals surface area contributed by atoms with Crippen LogP contribution in [0.15, 0.2) is 0 Å². The maximum absolute atomic E-state index is 11.3. The predicted octanol–water partition coefficient (Wildman–Crippen LogP) is -0.682. The first-order valence-electron chi connectivity index (χ1n) is 4.72. The summed E-state index contributed by atoms with van der Waals surface area (Å²) in [6.45, 7) is 1.97. The van der Waals surface area contributed by atoms with E-state index >= 15 is 0 Å². The number of hydrogen-bond donors (Lipinski definition) is 2. The van der Waals surface area contributed by atoms with Crippen LogP contribution in [0.5, 0.6) is 0 Å². The predicted molar refractivity (Wildman–Crippen MR) is 54.6 cm³/mol. The van der Waals surface area contributed by atoms with Crippen LogP contribution in [0.25, 0.3) is 0 Å². The molecule has 0 spiro atoms. The van der Waals surface area contributed by atoms with Crippen LogP contribution in [0.4, 0.5) is 0 Å². The first-order valence-corrected chi connectivity index (χ1v) is 4.72. The highest BCUT2D eigenvalue weighted by molar-refractivity contribution is 5.87. The van der Waals surface area contributed by atoms with E-state index in [1.54, 1.807) is 14.1 Å².